The lowest BCUT2D eigenvalue weighted by atomic mass is 10.2. The Morgan fingerprint density at radius 2 is 2.67 bits per heavy atom. The smallest absolute Gasteiger partial charge is 0.0303 e. The van der Waals surface area contributed by atoms with E-state index in [2.05, 4.69) is 0 Å². The van der Waals surface area contributed by atoms with Gasteiger partial charge in [0.05, 0.1) is 0 Å². The summed E-state index contributed by atoms with van der Waals surface area (Å²) in [7, 11) is 0. The van der Waals surface area contributed by atoms with Crippen LogP contribution in [0.3, 0.4) is 0 Å². The van der Waals surface area contributed by atoms with Gasteiger partial charge >= 0.3 is 0 Å². The zero-order valence-electron chi connectivity index (χ0n) is 7.41. The number of rotatable bonds is 3. The van der Waals surface area contributed by atoms with Crippen LogP contribution < -0.4 is 0 Å². The molecule has 0 saturated carbocycles. The normalized spacial score (nSPS) is 19.5. The quantitative estimate of drug-likeness (QED) is 0.497. The van der Waals surface area contributed by atoms with Crippen molar-refractivity contribution in [3.63, 3.8) is 0 Å². The van der Waals surface area contributed by atoms with Crippen LogP contribution in [0.5, 0.6) is 0 Å². The van der Waals surface area contributed by atoms with Crippen LogP contribution in [0.1, 0.15) is 37.2 Å². The van der Waals surface area contributed by atoms with E-state index in [1.807, 2.05) is 0 Å². The first-order valence-corrected chi connectivity index (χ1v) is 2.21. The molecule has 0 aromatic rings. The van der Waals surface area contributed by atoms with Crippen LogP contribution in [0.15, 0.2) is 0 Å². The van der Waals surface area contributed by atoms with Crippen molar-refractivity contribution in [1.82, 2.24) is 0 Å². The second-order valence-electron chi connectivity index (χ2n) is 1.21. The molecule has 0 bridgehead atoms. The molecule has 0 fully saturated rings. The molecule has 0 rings (SSSR count). The van der Waals surface area contributed by atoms with Gasteiger partial charge in [-0.1, -0.05) is 33.1 Å². The Bertz CT molecular complexity index is 72.9. The van der Waals surface area contributed by atoms with Crippen molar-refractivity contribution in [3.05, 3.63) is 6.40 Å². The highest BCUT2D eigenvalue weighted by atomic mass is 13.8. The molecule has 0 aliphatic rings. The molecule has 6 heavy (non-hydrogen) atoms. The summed E-state index contributed by atoms with van der Waals surface area (Å²) in [6.45, 7) is 3.24. The maximum absolute atomic E-state index is 7.10. The Labute approximate surface area is 44.8 Å². The standard InChI is InChI=1S/C6H13/c1-3-5-6-4-2/h3H,4-6H2,1-2H3/i3D,4D2. The number of hydrogen-bond acceptors (Lipinski definition) is 0. The van der Waals surface area contributed by atoms with Gasteiger partial charge in [0, 0.05) is 4.11 Å². The van der Waals surface area contributed by atoms with E-state index in [0.717, 1.165) is 0 Å². The average molecular weight is 88.2 g/mol. The maximum atomic E-state index is 7.10. The van der Waals surface area contributed by atoms with Crippen molar-refractivity contribution in [2.75, 3.05) is 0 Å². The Balaban J connectivity index is 3.28. The molecule has 0 aromatic carbocycles. The van der Waals surface area contributed by atoms with Crippen molar-refractivity contribution in [2.45, 2.75) is 33.1 Å². The van der Waals surface area contributed by atoms with Crippen LogP contribution in [0.4, 0.5) is 0 Å². The van der Waals surface area contributed by atoms with Crippen LogP contribution >= 0.6 is 0 Å². The van der Waals surface area contributed by atoms with Gasteiger partial charge in [-0.15, -0.1) is 0 Å². The molecular formula is C6H13. The summed E-state index contributed by atoms with van der Waals surface area (Å²) < 4.78 is 21.2. The van der Waals surface area contributed by atoms with Crippen LogP contribution in [-0.2, 0) is 0 Å². The Kier molecular flexibility index (Phi) is 1.95. The first-order chi connectivity index (χ1) is 3.92. The van der Waals surface area contributed by atoms with Gasteiger partial charge in [0.2, 0.25) is 0 Å². The molecule has 0 saturated heterocycles. The molecule has 0 N–H and O–H groups in total. The summed E-state index contributed by atoms with van der Waals surface area (Å²) in [4.78, 5) is 0. The minimum atomic E-state index is -1.11. The SMILES string of the molecule is [2H][C](C)CCC([2H])([2H])C. The molecule has 0 aliphatic heterocycles. The molecule has 37 valence electrons. The van der Waals surface area contributed by atoms with Crippen molar-refractivity contribution >= 4 is 0 Å². The molecule has 0 nitrogen and oxygen atoms in total. The predicted molar refractivity (Wildman–Crippen MR) is 29.5 cm³/mol. The lowest BCUT2D eigenvalue weighted by molar-refractivity contribution is 0.784. The van der Waals surface area contributed by atoms with Gasteiger partial charge in [-0.25, -0.2) is 0 Å². The molecular weight excluding hydrogens is 72.1 g/mol. The zero-order chi connectivity index (χ0) is 7.49. The highest BCUT2D eigenvalue weighted by Crippen LogP contribution is 1.94. The Morgan fingerprint density at radius 1 is 2.00 bits per heavy atom. The summed E-state index contributed by atoms with van der Waals surface area (Å²) in [6.07, 6.45) is 0.481. The lowest BCUT2D eigenvalue weighted by Gasteiger charge is -1.85. The minimum Gasteiger partial charge on any atom is -0.0654 e. The van der Waals surface area contributed by atoms with Gasteiger partial charge in [0.25, 0.3) is 0 Å². The number of hydrogen-bond donors (Lipinski definition) is 0. The van der Waals surface area contributed by atoms with Crippen molar-refractivity contribution in [3.8, 4) is 0 Å². The van der Waals surface area contributed by atoms with Gasteiger partial charge in [-0.2, -0.15) is 0 Å². The highest BCUT2D eigenvalue weighted by Gasteiger charge is 1.75. The van der Waals surface area contributed by atoms with E-state index in [9.17, 15) is 0 Å². The molecule has 0 heteroatoms. The van der Waals surface area contributed by atoms with Gasteiger partial charge < -0.3 is 0 Å². The van der Waals surface area contributed by atoms with Crippen LogP contribution in [0.25, 0.3) is 0 Å². The van der Waals surface area contributed by atoms with Gasteiger partial charge in [-0.05, 0) is 6.40 Å². The van der Waals surface area contributed by atoms with Gasteiger partial charge in [0.1, 0.15) is 0 Å². The minimum absolute atomic E-state index is 0.461. The lowest BCUT2D eigenvalue weighted by Crippen LogP contribution is -1.67. The molecule has 0 aliphatic carbocycles. The monoisotopic (exact) mass is 88.1 g/mol. The Hall–Kier alpha value is 0. The second kappa shape index (κ2) is 5.00. The first kappa shape index (κ1) is 2.34. The maximum Gasteiger partial charge on any atom is 0.0303 e. The first-order valence-electron chi connectivity index (χ1n) is 3.71. The molecule has 0 spiro atoms. The van der Waals surface area contributed by atoms with E-state index in [-0.39, 0.29) is 0 Å². The summed E-state index contributed by atoms with van der Waals surface area (Å²) in [5.41, 5.74) is 0. The summed E-state index contributed by atoms with van der Waals surface area (Å²) >= 11 is 0. The van der Waals surface area contributed by atoms with Crippen molar-refractivity contribution in [2.24, 2.45) is 0 Å². The van der Waals surface area contributed by atoms with Gasteiger partial charge in [0.15, 0.2) is 0 Å². The summed E-state index contributed by atoms with van der Waals surface area (Å²) in [5, 5.41) is 0. The van der Waals surface area contributed by atoms with Gasteiger partial charge in [-0.3, -0.25) is 0 Å². The van der Waals surface area contributed by atoms with Crippen LogP contribution in [0, 0.1) is 6.40 Å². The molecule has 1 radical (unpaired) electrons. The van der Waals surface area contributed by atoms with E-state index < -0.39 is 6.37 Å². The summed E-state index contributed by atoms with van der Waals surface area (Å²) in [6, 6.07) is 0. The molecule has 0 amide bonds. The van der Waals surface area contributed by atoms with E-state index in [1.165, 1.54) is 6.92 Å². The third kappa shape index (κ3) is 4.00. The Morgan fingerprint density at radius 3 is 2.83 bits per heavy atom. The van der Waals surface area contributed by atoms with Crippen molar-refractivity contribution in [1.29, 1.82) is 0 Å². The average Bonchev–Trinajstić information content (AvgIpc) is 1.59. The van der Waals surface area contributed by atoms with Crippen LogP contribution in [-0.4, -0.2) is 0 Å². The third-order valence-corrected chi connectivity index (χ3v) is 0.625. The van der Waals surface area contributed by atoms with E-state index >= 15 is 0 Å². The van der Waals surface area contributed by atoms with E-state index in [4.69, 9.17) is 4.11 Å². The predicted octanol–water partition coefficient (Wildman–Crippen LogP) is 2.40. The molecule has 0 aromatic heterocycles. The largest absolute Gasteiger partial charge is 0.0654 e. The fourth-order valence-electron chi connectivity index (χ4n) is 0.250. The molecule has 0 heterocycles. The van der Waals surface area contributed by atoms with Crippen molar-refractivity contribution < 1.29 is 4.11 Å². The topological polar surface area (TPSA) is 0 Å². The van der Waals surface area contributed by atoms with E-state index in [0.29, 0.717) is 19.2 Å². The third-order valence-electron chi connectivity index (χ3n) is 0.625. The second-order valence-corrected chi connectivity index (χ2v) is 1.21. The fraction of sp³-hybridized carbons (Fsp3) is 0.833. The van der Waals surface area contributed by atoms with E-state index in [1.54, 1.807) is 6.92 Å². The highest BCUT2D eigenvalue weighted by molar-refractivity contribution is 4.52. The van der Waals surface area contributed by atoms with Crippen LogP contribution in [0.2, 0.25) is 0 Å². The fourth-order valence-corrected chi connectivity index (χ4v) is 0.250. The molecule has 0 unspecified atom stereocenters. The summed E-state index contributed by atoms with van der Waals surface area (Å²) in [5.74, 6) is 0. The zero-order valence-corrected chi connectivity index (χ0v) is 4.41. The molecule has 0 atom stereocenters.